The van der Waals surface area contributed by atoms with E-state index in [2.05, 4.69) is 15.5 Å². The summed E-state index contributed by atoms with van der Waals surface area (Å²) in [6.07, 6.45) is 1.09. The van der Waals surface area contributed by atoms with Gasteiger partial charge in [0.05, 0.1) is 6.61 Å². The van der Waals surface area contributed by atoms with Gasteiger partial charge >= 0.3 is 17.9 Å². The van der Waals surface area contributed by atoms with Crippen LogP contribution in [0.4, 0.5) is 0 Å². The lowest BCUT2D eigenvalue weighted by atomic mass is 10.0. The number of hydroxylamine groups is 1. The number of benzene rings is 2. The predicted octanol–water partition coefficient (Wildman–Crippen LogP) is 1.64. The summed E-state index contributed by atoms with van der Waals surface area (Å²) in [5, 5.41) is 3.00. The molecule has 158 valence electrons. The fraction of sp³-hybridized carbons (Fsp3) is 0.318. The third kappa shape index (κ3) is 6.77. The van der Waals surface area contributed by atoms with Crippen LogP contribution in [0.2, 0.25) is 0 Å². The number of ether oxygens (including phenoxy) is 2. The van der Waals surface area contributed by atoms with Gasteiger partial charge in [-0.15, -0.1) is 0 Å². The van der Waals surface area contributed by atoms with Gasteiger partial charge < -0.3 is 14.8 Å². The maximum atomic E-state index is 12.1. The second kappa shape index (κ2) is 11.2. The fourth-order valence-electron chi connectivity index (χ4n) is 2.96. The van der Waals surface area contributed by atoms with E-state index in [-0.39, 0.29) is 12.6 Å². The summed E-state index contributed by atoms with van der Waals surface area (Å²) in [5.41, 5.74) is 4.74. The highest BCUT2D eigenvalue weighted by Crippen LogP contribution is 2.11. The van der Waals surface area contributed by atoms with Crippen LogP contribution in [0.5, 0.6) is 0 Å². The lowest BCUT2D eigenvalue weighted by Crippen LogP contribution is -2.51. The van der Waals surface area contributed by atoms with E-state index in [1.165, 1.54) is 0 Å². The van der Waals surface area contributed by atoms with Crippen molar-refractivity contribution in [3.8, 4) is 0 Å². The normalized spacial score (nSPS) is 18.4. The molecule has 2 aromatic rings. The number of hydrogen-bond donors (Lipinski definition) is 2. The Morgan fingerprint density at radius 3 is 2.10 bits per heavy atom. The van der Waals surface area contributed by atoms with E-state index in [0.29, 0.717) is 26.0 Å². The number of piperidine rings is 1. The van der Waals surface area contributed by atoms with Crippen molar-refractivity contribution >= 4 is 17.9 Å². The van der Waals surface area contributed by atoms with Crippen LogP contribution < -0.4 is 10.8 Å². The third-order valence-electron chi connectivity index (χ3n) is 4.60. The molecule has 30 heavy (non-hydrogen) atoms. The average molecular weight is 412 g/mol. The lowest BCUT2D eigenvalue weighted by molar-refractivity contribution is -0.175. The van der Waals surface area contributed by atoms with Gasteiger partial charge in [0.1, 0.15) is 12.6 Å². The van der Waals surface area contributed by atoms with Crippen LogP contribution in [-0.4, -0.2) is 36.5 Å². The average Bonchev–Trinajstić information content (AvgIpc) is 2.79. The molecule has 0 amide bonds. The minimum Gasteiger partial charge on any atom is -0.452 e. The summed E-state index contributed by atoms with van der Waals surface area (Å²) in [4.78, 5) is 41.1. The molecule has 0 bridgehead atoms. The molecule has 0 radical (unpaired) electrons. The number of carbonyl (C=O) groups excluding carboxylic acids is 3. The van der Waals surface area contributed by atoms with Gasteiger partial charge in [-0.1, -0.05) is 60.7 Å². The first-order valence-corrected chi connectivity index (χ1v) is 9.73. The van der Waals surface area contributed by atoms with Crippen LogP contribution in [0.15, 0.2) is 60.7 Å². The van der Waals surface area contributed by atoms with Crippen molar-refractivity contribution in [2.75, 3.05) is 6.54 Å². The quantitative estimate of drug-likeness (QED) is 0.306. The first-order chi connectivity index (χ1) is 14.6. The highest BCUT2D eigenvalue weighted by Gasteiger charge is 2.30. The van der Waals surface area contributed by atoms with Crippen molar-refractivity contribution in [1.29, 1.82) is 0 Å². The molecule has 2 atom stereocenters. The van der Waals surface area contributed by atoms with Crippen molar-refractivity contribution < 1.29 is 28.7 Å². The molecule has 3 rings (SSSR count). The Balaban J connectivity index is 1.33. The highest BCUT2D eigenvalue weighted by atomic mass is 16.6. The van der Waals surface area contributed by atoms with Crippen molar-refractivity contribution in [2.24, 2.45) is 0 Å². The highest BCUT2D eigenvalue weighted by molar-refractivity contribution is 6.31. The van der Waals surface area contributed by atoms with Gasteiger partial charge in [0, 0.05) is 12.6 Å². The largest absolute Gasteiger partial charge is 0.452 e. The van der Waals surface area contributed by atoms with Crippen molar-refractivity contribution in [3.63, 3.8) is 0 Å². The van der Waals surface area contributed by atoms with Crippen molar-refractivity contribution in [1.82, 2.24) is 10.8 Å². The van der Waals surface area contributed by atoms with Crippen LogP contribution in [0.25, 0.3) is 0 Å². The first kappa shape index (κ1) is 21.6. The Labute approximate surface area is 174 Å². The van der Waals surface area contributed by atoms with Crippen molar-refractivity contribution in [3.05, 3.63) is 71.8 Å². The van der Waals surface area contributed by atoms with Crippen LogP contribution in [-0.2, 0) is 41.9 Å². The summed E-state index contributed by atoms with van der Waals surface area (Å²) in [6.45, 7) is 0.824. The summed E-state index contributed by atoms with van der Waals surface area (Å²) in [5.74, 6) is -3.30. The molecule has 1 aliphatic rings. The third-order valence-corrected chi connectivity index (χ3v) is 4.60. The van der Waals surface area contributed by atoms with Crippen LogP contribution in [0.3, 0.4) is 0 Å². The lowest BCUT2D eigenvalue weighted by Gasteiger charge is -2.28. The number of esters is 3. The van der Waals surface area contributed by atoms with E-state index >= 15 is 0 Å². The van der Waals surface area contributed by atoms with Gasteiger partial charge in [-0.25, -0.2) is 14.4 Å². The number of rotatable bonds is 7. The second-order valence-corrected chi connectivity index (χ2v) is 6.90. The fourth-order valence-corrected chi connectivity index (χ4v) is 2.96. The van der Waals surface area contributed by atoms with Crippen molar-refractivity contribution in [2.45, 2.75) is 38.1 Å². The molecule has 0 aromatic heterocycles. The number of carbonyl (C=O) groups is 3. The standard InChI is InChI=1S/C22H24N2O6/c25-20(30-22(27)21(26)28-14-16-7-3-1-4-8-16)19-12-11-18(13-23-19)24-29-15-17-9-5-2-6-10-17/h1-10,18-19,23-24H,11-15H2/t18-,19+/m1/s1. The Hall–Kier alpha value is -3.07. The minimum absolute atomic E-state index is 0.0179. The van der Waals surface area contributed by atoms with E-state index in [0.717, 1.165) is 11.1 Å². The van der Waals surface area contributed by atoms with E-state index in [1.807, 2.05) is 36.4 Å². The Bertz CT molecular complexity index is 835. The van der Waals surface area contributed by atoms with Crippen LogP contribution in [0, 0.1) is 0 Å². The van der Waals surface area contributed by atoms with Gasteiger partial charge in [0.15, 0.2) is 0 Å². The molecular formula is C22H24N2O6. The first-order valence-electron chi connectivity index (χ1n) is 9.73. The van der Waals surface area contributed by atoms with Gasteiger partial charge in [-0.3, -0.25) is 4.84 Å². The van der Waals surface area contributed by atoms with Crippen LogP contribution >= 0.6 is 0 Å². The maximum absolute atomic E-state index is 12.1. The molecule has 8 nitrogen and oxygen atoms in total. The molecule has 1 aliphatic heterocycles. The predicted molar refractivity (Wildman–Crippen MR) is 107 cm³/mol. The van der Waals surface area contributed by atoms with Gasteiger partial charge in [0.25, 0.3) is 0 Å². The molecule has 1 fully saturated rings. The molecule has 1 heterocycles. The SMILES string of the molecule is O=C(OCc1ccccc1)C(=O)OC(=O)[C@@H]1CC[C@@H](NOCc2ccccc2)CN1. The summed E-state index contributed by atoms with van der Waals surface area (Å²) in [7, 11) is 0. The summed E-state index contributed by atoms with van der Waals surface area (Å²) >= 11 is 0. The van der Waals surface area contributed by atoms with Gasteiger partial charge in [-0.2, -0.15) is 5.48 Å². The zero-order valence-electron chi connectivity index (χ0n) is 16.4. The molecule has 0 aliphatic carbocycles. The molecular weight excluding hydrogens is 388 g/mol. The molecule has 0 spiro atoms. The molecule has 0 unspecified atom stereocenters. The second-order valence-electron chi connectivity index (χ2n) is 6.90. The Morgan fingerprint density at radius 2 is 1.50 bits per heavy atom. The smallest absolute Gasteiger partial charge is 0.425 e. The number of hydrogen-bond acceptors (Lipinski definition) is 8. The van der Waals surface area contributed by atoms with E-state index in [9.17, 15) is 14.4 Å². The van der Waals surface area contributed by atoms with E-state index in [1.54, 1.807) is 24.3 Å². The topological polar surface area (TPSA) is 103 Å². The molecule has 1 saturated heterocycles. The zero-order valence-corrected chi connectivity index (χ0v) is 16.4. The maximum Gasteiger partial charge on any atom is 0.425 e. The van der Waals surface area contributed by atoms with E-state index < -0.39 is 23.9 Å². The summed E-state index contributed by atoms with van der Waals surface area (Å²) < 4.78 is 9.51. The van der Waals surface area contributed by atoms with Gasteiger partial charge in [-0.05, 0) is 24.0 Å². The Morgan fingerprint density at radius 1 is 0.867 bits per heavy atom. The summed E-state index contributed by atoms with van der Waals surface area (Å²) in [6, 6.07) is 18.0. The van der Waals surface area contributed by atoms with Gasteiger partial charge in [0.2, 0.25) is 0 Å². The molecule has 2 N–H and O–H groups in total. The van der Waals surface area contributed by atoms with E-state index in [4.69, 9.17) is 9.57 Å². The Kier molecular flexibility index (Phi) is 8.08. The monoisotopic (exact) mass is 412 g/mol. The number of nitrogens with one attached hydrogen (secondary N) is 2. The molecule has 8 heteroatoms. The zero-order chi connectivity index (χ0) is 21.2. The minimum atomic E-state index is -1.32. The molecule has 0 saturated carbocycles. The molecule has 2 aromatic carbocycles. The van der Waals surface area contributed by atoms with Crippen LogP contribution in [0.1, 0.15) is 24.0 Å².